The molecule has 0 radical (unpaired) electrons. The van der Waals surface area contributed by atoms with Crippen LogP contribution in [0, 0.1) is 17.6 Å². The number of halogens is 3. The lowest BCUT2D eigenvalue weighted by atomic mass is 9.92. The van der Waals surface area contributed by atoms with Crippen molar-refractivity contribution in [1.82, 2.24) is 9.88 Å². The number of amides is 2. The van der Waals surface area contributed by atoms with Crippen molar-refractivity contribution in [2.45, 2.75) is 45.1 Å². The Balaban J connectivity index is 1.52. The highest BCUT2D eigenvalue weighted by Crippen LogP contribution is 2.37. The molecular formula is C32H30ClF2N3O4. The van der Waals surface area contributed by atoms with Crippen molar-refractivity contribution in [3.63, 3.8) is 0 Å². The van der Waals surface area contributed by atoms with Gasteiger partial charge in [-0.15, -0.1) is 0 Å². The number of pyridine rings is 1. The first kappa shape index (κ1) is 29.4. The van der Waals surface area contributed by atoms with Gasteiger partial charge in [0.25, 0.3) is 0 Å². The largest absolute Gasteiger partial charge is 0.469 e. The number of hydrogen-bond donors (Lipinski definition) is 1. The molecule has 0 saturated heterocycles. The van der Waals surface area contributed by atoms with Gasteiger partial charge in [0.2, 0.25) is 11.8 Å². The zero-order chi connectivity index (χ0) is 30.0. The number of hydrogen-bond acceptors (Lipinski definition) is 5. The van der Waals surface area contributed by atoms with Crippen molar-refractivity contribution >= 4 is 40.6 Å². The van der Waals surface area contributed by atoms with Gasteiger partial charge in [0.05, 0.1) is 35.9 Å². The Morgan fingerprint density at radius 3 is 2.71 bits per heavy atom. The third kappa shape index (κ3) is 6.06. The highest BCUT2D eigenvalue weighted by molar-refractivity contribution is 6.31. The second kappa shape index (κ2) is 12.4. The highest BCUT2D eigenvalue weighted by atomic mass is 35.5. The molecule has 2 aliphatic heterocycles. The molecule has 218 valence electrons. The van der Waals surface area contributed by atoms with E-state index in [-0.39, 0.29) is 59.2 Å². The van der Waals surface area contributed by atoms with E-state index >= 15 is 0 Å². The fraction of sp³-hybridized carbons (Fsp3) is 0.312. The number of benzene rings is 2. The Morgan fingerprint density at radius 1 is 1.14 bits per heavy atom. The van der Waals surface area contributed by atoms with E-state index in [0.29, 0.717) is 36.2 Å². The van der Waals surface area contributed by atoms with Crippen molar-refractivity contribution in [2.24, 2.45) is 5.92 Å². The molecule has 2 atom stereocenters. The maximum atomic E-state index is 14.7. The van der Waals surface area contributed by atoms with Crippen LogP contribution >= 0.6 is 11.6 Å². The van der Waals surface area contributed by atoms with Gasteiger partial charge < -0.3 is 15.0 Å². The standard InChI is InChI=1S/C32H30ClF2N3O4/c1-18-4-3-5-27(38-13-11-21(17-28(38)39)30-24(34)9-8-23(33)31(30)35)26-16-20(10-12-36-26)22-7-6-19(15-29(40)42-2)14-25(22)37-32(18)41/h6-10,12,14,16-18,27H,3-5,11,13,15H2,1-2H3,(H,37,41)/t18-,27-/m1/s1. The number of ether oxygens (including phenoxy) is 1. The Labute approximate surface area is 247 Å². The predicted molar refractivity (Wildman–Crippen MR) is 155 cm³/mol. The molecule has 3 heterocycles. The monoisotopic (exact) mass is 593 g/mol. The quantitative estimate of drug-likeness (QED) is 0.275. The van der Waals surface area contributed by atoms with Gasteiger partial charge >= 0.3 is 5.97 Å². The molecule has 0 aliphatic carbocycles. The number of nitrogens with one attached hydrogen (secondary N) is 1. The summed E-state index contributed by atoms with van der Waals surface area (Å²) < 4.78 is 34.1. The smallest absolute Gasteiger partial charge is 0.309 e. The Bertz CT molecular complexity index is 1590. The van der Waals surface area contributed by atoms with Gasteiger partial charge in [0, 0.05) is 36.0 Å². The van der Waals surface area contributed by atoms with Crippen LogP contribution in [-0.4, -0.2) is 41.3 Å². The van der Waals surface area contributed by atoms with Gasteiger partial charge in [-0.2, -0.15) is 0 Å². The molecule has 0 spiro atoms. The fourth-order valence-electron chi connectivity index (χ4n) is 5.54. The lowest BCUT2D eigenvalue weighted by Crippen LogP contribution is -2.38. The molecule has 2 bridgehead atoms. The summed E-state index contributed by atoms with van der Waals surface area (Å²) in [6.45, 7) is 2.08. The number of esters is 1. The average Bonchev–Trinajstić information content (AvgIpc) is 2.97. The normalized spacial score (nSPS) is 19.2. The Kier molecular flexibility index (Phi) is 8.68. The van der Waals surface area contributed by atoms with Crippen LogP contribution in [-0.2, 0) is 25.5 Å². The number of carbonyl (C=O) groups excluding carboxylic acids is 3. The maximum absolute atomic E-state index is 14.7. The van der Waals surface area contributed by atoms with Crippen LogP contribution in [0.25, 0.3) is 16.7 Å². The number of methoxy groups -OCH3 is 1. The summed E-state index contributed by atoms with van der Waals surface area (Å²) in [5.74, 6) is -2.88. The molecule has 5 rings (SSSR count). The molecule has 0 fully saturated rings. The second-order valence-corrected chi connectivity index (χ2v) is 11.0. The Morgan fingerprint density at radius 2 is 1.95 bits per heavy atom. The third-order valence-corrected chi connectivity index (χ3v) is 8.15. The number of carbonyl (C=O) groups is 3. The number of anilines is 1. The SMILES string of the molecule is COC(=O)Cc1ccc2c(c1)NC(=O)[C@H](C)CCC[C@@H](N1CCC(c3c(F)ccc(Cl)c3F)=CC1=O)c1cc-2ccn1. The molecule has 7 nitrogen and oxygen atoms in total. The Hall–Kier alpha value is -4.11. The van der Waals surface area contributed by atoms with Gasteiger partial charge in [-0.05, 0) is 66.3 Å². The second-order valence-electron chi connectivity index (χ2n) is 10.6. The van der Waals surface area contributed by atoms with Crippen LogP contribution < -0.4 is 5.32 Å². The minimum Gasteiger partial charge on any atom is -0.469 e. The van der Waals surface area contributed by atoms with E-state index in [0.717, 1.165) is 23.3 Å². The van der Waals surface area contributed by atoms with Gasteiger partial charge in [-0.1, -0.05) is 37.1 Å². The summed E-state index contributed by atoms with van der Waals surface area (Å²) in [4.78, 5) is 44.8. The van der Waals surface area contributed by atoms with Crippen LogP contribution in [0.4, 0.5) is 14.5 Å². The topological polar surface area (TPSA) is 88.6 Å². The molecule has 10 heteroatoms. The summed E-state index contributed by atoms with van der Waals surface area (Å²) in [7, 11) is 1.33. The molecule has 2 aliphatic rings. The van der Waals surface area contributed by atoms with Crippen LogP contribution in [0.2, 0.25) is 5.02 Å². The van der Waals surface area contributed by atoms with Gasteiger partial charge in [0.1, 0.15) is 5.82 Å². The number of aromatic nitrogens is 1. The number of nitrogens with zero attached hydrogens (tertiary/aromatic N) is 2. The summed E-state index contributed by atoms with van der Waals surface area (Å²) in [5, 5.41) is 2.82. The van der Waals surface area contributed by atoms with E-state index in [1.165, 1.54) is 13.2 Å². The van der Waals surface area contributed by atoms with Gasteiger partial charge in [-0.3, -0.25) is 19.4 Å². The van der Waals surface area contributed by atoms with Gasteiger partial charge in [0.15, 0.2) is 5.82 Å². The van der Waals surface area contributed by atoms with Crippen molar-refractivity contribution < 1.29 is 27.9 Å². The molecule has 42 heavy (non-hydrogen) atoms. The van der Waals surface area contributed by atoms with E-state index < -0.39 is 17.7 Å². The molecular weight excluding hydrogens is 564 g/mol. The zero-order valence-corrected chi connectivity index (χ0v) is 24.0. The molecule has 0 saturated carbocycles. The molecule has 3 aromatic rings. The lowest BCUT2D eigenvalue weighted by molar-refractivity contribution is -0.139. The predicted octanol–water partition coefficient (Wildman–Crippen LogP) is 6.51. The van der Waals surface area contributed by atoms with Crippen molar-refractivity contribution in [2.75, 3.05) is 19.0 Å². The van der Waals surface area contributed by atoms with E-state index in [1.54, 1.807) is 17.2 Å². The third-order valence-electron chi connectivity index (χ3n) is 7.86. The summed E-state index contributed by atoms with van der Waals surface area (Å²) in [6.07, 6.45) is 4.99. The van der Waals surface area contributed by atoms with Crippen molar-refractivity contribution in [1.29, 1.82) is 0 Å². The summed E-state index contributed by atoms with van der Waals surface area (Å²) >= 11 is 5.89. The van der Waals surface area contributed by atoms with E-state index in [2.05, 4.69) is 10.3 Å². The van der Waals surface area contributed by atoms with Crippen molar-refractivity contribution in [3.8, 4) is 11.1 Å². The van der Waals surface area contributed by atoms with Crippen LogP contribution in [0.3, 0.4) is 0 Å². The summed E-state index contributed by atoms with van der Waals surface area (Å²) in [5.41, 5.74) is 3.43. The highest BCUT2D eigenvalue weighted by Gasteiger charge is 2.31. The van der Waals surface area contributed by atoms with Crippen LogP contribution in [0.15, 0.2) is 54.7 Å². The lowest BCUT2D eigenvalue weighted by Gasteiger charge is -2.34. The van der Waals surface area contributed by atoms with E-state index in [1.807, 2.05) is 31.2 Å². The molecule has 2 aromatic carbocycles. The van der Waals surface area contributed by atoms with Crippen LogP contribution in [0.5, 0.6) is 0 Å². The van der Waals surface area contributed by atoms with Crippen LogP contribution in [0.1, 0.15) is 55.5 Å². The first-order valence-electron chi connectivity index (χ1n) is 13.8. The fourth-order valence-corrected chi connectivity index (χ4v) is 5.70. The molecule has 0 unspecified atom stereocenters. The molecule has 1 N–H and O–H groups in total. The first-order chi connectivity index (χ1) is 20.2. The van der Waals surface area contributed by atoms with E-state index in [4.69, 9.17) is 16.3 Å². The van der Waals surface area contributed by atoms with E-state index in [9.17, 15) is 23.2 Å². The molecule has 1 aromatic heterocycles. The summed E-state index contributed by atoms with van der Waals surface area (Å²) in [6, 6.07) is 11.0. The first-order valence-corrected chi connectivity index (χ1v) is 14.2. The average molecular weight is 594 g/mol. The minimum atomic E-state index is -0.884. The van der Waals surface area contributed by atoms with Gasteiger partial charge in [-0.25, -0.2) is 8.78 Å². The number of fused-ring (bicyclic) bond motifs is 4. The van der Waals surface area contributed by atoms with Crippen molar-refractivity contribution in [3.05, 3.63) is 88.2 Å². The number of rotatable bonds is 4. The maximum Gasteiger partial charge on any atom is 0.309 e. The molecule has 2 amide bonds. The minimum absolute atomic E-state index is 0.0639. The zero-order valence-electron chi connectivity index (χ0n) is 23.3.